The van der Waals surface area contributed by atoms with Crippen LogP contribution in [0.4, 0.5) is 21.5 Å². The number of fused-ring (bicyclic) bond motifs is 8. The Hall–Kier alpha value is -8.06. The van der Waals surface area contributed by atoms with Gasteiger partial charge in [0.2, 0.25) is 0 Å². The monoisotopic (exact) mass is 848 g/mol. The number of hydrogen-bond acceptors (Lipinski definition) is 2. The maximum absolute atomic E-state index is 14.2. The third-order valence-corrected chi connectivity index (χ3v) is 14.6. The predicted molar refractivity (Wildman–Crippen MR) is 272 cm³/mol. The van der Waals surface area contributed by atoms with Crippen LogP contribution in [-0.2, 0) is 10.8 Å². The molecule has 0 atom stereocenters. The van der Waals surface area contributed by atoms with Crippen molar-refractivity contribution in [3.05, 3.63) is 234 Å². The van der Waals surface area contributed by atoms with Gasteiger partial charge in [0, 0.05) is 27.9 Å². The molecule has 0 aromatic heterocycles. The van der Waals surface area contributed by atoms with Crippen molar-refractivity contribution in [2.45, 2.75) is 38.5 Å². The minimum atomic E-state index is -0.292. The van der Waals surface area contributed by atoms with Crippen molar-refractivity contribution in [1.29, 1.82) is 5.26 Å². The topological polar surface area (TPSA) is 27.0 Å². The Morgan fingerprint density at radius 2 is 0.788 bits per heavy atom. The van der Waals surface area contributed by atoms with E-state index in [1.165, 1.54) is 100 Å². The summed E-state index contributed by atoms with van der Waals surface area (Å²) in [7, 11) is 0. The summed E-state index contributed by atoms with van der Waals surface area (Å²) in [5.41, 5.74) is 20.7. The standard InChI is InChI=1S/C63H45FN2/c1-62(2)56-15-9-7-11-48(56)50-32-22-42(36-58(50)62)60-52-13-5-6-14-53(52)61(43-23-33-51-49-12-8-10-16-57(49)63(3,4)59(51)37-43)55-35-41(21-34-54(55)60)40-19-28-46(29-20-40)66(47-30-24-44(64)25-31-47)45-26-17-39(38-65)18-27-45/h5-37H,1-4H3. The van der Waals surface area contributed by atoms with Crippen LogP contribution in [0, 0.1) is 17.1 Å². The van der Waals surface area contributed by atoms with Crippen LogP contribution in [0.25, 0.3) is 77.2 Å². The molecule has 0 amide bonds. The Kier molecular flexibility index (Phi) is 8.83. The zero-order chi connectivity index (χ0) is 44.9. The van der Waals surface area contributed by atoms with Gasteiger partial charge >= 0.3 is 0 Å². The number of benzene rings is 10. The molecular formula is C63H45FN2. The summed E-state index contributed by atoms with van der Waals surface area (Å²) in [5.74, 6) is -0.292. The van der Waals surface area contributed by atoms with E-state index in [0.29, 0.717) is 5.56 Å². The first kappa shape index (κ1) is 39.5. The molecule has 10 aromatic rings. The molecule has 10 aromatic carbocycles. The summed E-state index contributed by atoms with van der Waals surface area (Å²) >= 11 is 0. The summed E-state index contributed by atoms with van der Waals surface area (Å²) in [4.78, 5) is 2.09. The zero-order valence-corrected chi connectivity index (χ0v) is 37.3. The van der Waals surface area contributed by atoms with Crippen molar-refractivity contribution in [2.24, 2.45) is 0 Å². The highest BCUT2D eigenvalue weighted by atomic mass is 19.1. The fourth-order valence-corrected chi connectivity index (χ4v) is 11.2. The van der Waals surface area contributed by atoms with Gasteiger partial charge in [-0.1, -0.05) is 149 Å². The smallest absolute Gasteiger partial charge is 0.123 e. The van der Waals surface area contributed by atoms with Gasteiger partial charge in [0.1, 0.15) is 5.82 Å². The Morgan fingerprint density at radius 3 is 1.32 bits per heavy atom. The molecule has 0 saturated carbocycles. The van der Waals surface area contributed by atoms with Crippen LogP contribution < -0.4 is 4.90 Å². The molecule has 66 heavy (non-hydrogen) atoms. The minimum Gasteiger partial charge on any atom is -0.311 e. The van der Waals surface area contributed by atoms with E-state index in [1.807, 2.05) is 24.3 Å². The highest BCUT2D eigenvalue weighted by molar-refractivity contribution is 6.22. The van der Waals surface area contributed by atoms with Crippen LogP contribution in [0.5, 0.6) is 0 Å². The van der Waals surface area contributed by atoms with Gasteiger partial charge in [-0.2, -0.15) is 5.26 Å². The van der Waals surface area contributed by atoms with E-state index in [4.69, 9.17) is 0 Å². The number of halogens is 1. The first-order valence-corrected chi connectivity index (χ1v) is 22.7. The first-order chi connectivity index (χ1) is 32.1. The number of nitriles is 1. The van der Waals surface area contributed by atoms with E-state index in [1.54, 1.807) is 12.1 Å². The van der Waals surface area contributed by atoms with Crippen molar-refractivity contribution in [3.63, 3.8) is 0 Å². The van der Waals surface area contributed by atoms with Crippen molar-refractivity contribution in [2.75, 3.05) is 4.90 Å². The summed E-state index contributed by atoms with van der Waals surface area (Å²) in [6.07, 6.45) is 0. The van der Waals surface area contributed by atoms with E-state index >= 15 is 0 Å². The maximum Gasteiger partial charge on any atom is 0.123 e. The predicted octanol–water partition coefficient (Wildman–Crippen LogP) is 17.1. The molecule has 0 unspecified atom stereocenters. The summed E-state index contributed by atoms with van der Waals surface area (Å²) < 4.78 is 14.2. The second-order valence-corrected chi connectivity index (χ2v) is 18.9. The molecule has 3 heteroatoms. The SMILES string of the molecule is CC1(C)c2ccccc2-c2ccc(-c3c4ccccc4c(-c4ccc5c(c4)C(C)(C)c4ccccc4-5)c4cc(-c5ccc(N(c6ccc(F)cc6)c6ccc(C#N)cc6)cc5)ccc34)cc21. The second-order valence-electron chi connectivity index (χ2n) is 18.9. The van der Waals surface area contributed by atoms with Crippen LogP contribution in [-0.4, -0.2) is 0 Å². The van der Waals surface area contributed by atoms with Gasteiger partial charge in [0.15, 0.2) is 0 Å². The number of anilines is 3. The Balaban J connectivity index is 1.06. The van der Waals surface area contributed by atoms with E-state index < -0.39 is 0 Å². The number of rotatable bonds is 6. The van der Waals surface area contributed by atoms with E-state index in [2.05, 4.69) is 190 Å². The van der Waals surface area contributed by atoms with Gasteiger partial charge in [-0.25, -0.2) is 4.39 Å². The average molecular weight is 849 g/mol. The Labute approximate surface area is 385 Å². The molecule has 2 aliphatic carbocycles. The third-order valence-electron chi connectivity index (χ3n) is 14.6. The van der Waals surface area contributed by atoms with Gasteiger partial charge in [-0.3, -0.25) is 0 Å². The molecule has 2 aliphatic rings. The summed E-state index contributed by atoms with van der Waals surface area (Å²) in [6.45, 7) is 9.42. The van der Waals surface area contributed by atoms with Crippen molar-refractivity contribution in [3.8, 4) is 61.7 Å². The molecule has 12 rings (SSSR count). The average Bonchev–Trinajstić information content (AvgIpc) is 3.72. The molecule has 0 aliphatic heterocycles. The Bertz CT molecular complexity index is 3650. The molecule has 0 spiro atoms. The van der Waals surface area contributed by atoms with Crippen molar-refractivity contribution >= 4 is 38.6 Å². The van der Waals surface area contributed by atoms with E-state index in [0.717, 1.165) is 28.2 Å². The maximum atomic E-state index is 14.2. The lowest BCUT2D eigenvalue weighted by molar-refractivity contribution is 0.628. The lowest BCUT2D eigenvalue weighted by atomic mass is 9.79. The molecule has 0 saturated heterocycles. The minimum absolute atomic E-state index is 0.131. The fourth-order valence-electron chi connectivity index (χ4n) is 11.2. The number of hydrogen-bond donors (Lipinski definition) is 0. The van der Waals surface area contributed by atoms with Crippen LogP contribution in [0.2, 0.25) is 0 Å². The molecule has 0 heterocycles. The second kappa shape index (κ2) is 14.7. The quantitative estimate of drug-likeness (QED) is 0.156. The molecule has 0 bridgehead atoms. The van der Waals surface area contributed by atoms with Crippen molar-refractivity contribution in [1.82, 2.24) is 0 Å². The molecule has 314 valence electrons. The summed E-state index contributed by atoms with van der Waals surface area (Å²) in [5, 5.41) is 14.4. The normalized spacial score (nSPS) is 13.8. The highest BCUT2D eigenvalue weighted by Crippen LogP contribution is 2.54. The van der Waals surface area contributed by atoms with Crippen LogP contribution in [0.1, 0.15) is 55.5 Å². The largest absolute Gasteiger partial charge is 0.311 e. The van der Waals surface area contributed by atoms with Crippen LogP contribution >= 0.6 is 0 Å². The Morgan fingerprint density at radius 1 is 0.379 bits per heavy atom. The van der Waals surface area contributed by atoms with Gasteiger partial charge in [-0.15, -0.1) is 0 Å². The molecule has 0 N–H and O–H groups in total. The van der Waals surface area contributed by atoms with Crippen LogP contribution in [0.3, 0.4) is 0 Å². The third kappa shape index (κ3) is 5.99. The number of nitrogens with zero attached hydrogens (tertiary/aromatic N) is 2. The summed E-state index contributed by atoms with van der Waals surface area (Å²) in [6, 6.07) is 72.8. The lowest BCUT2D eigenvalue weighted by Crippen LogP contribution is -2.15. The molecule has 0 radical (unpaired) electrons. The zero-order valence-electron chi connectivity index (χ0n) is 37.3. The first-order valence-electron chi connectivity index (χ1n) is 22.7. The van der Waals surface area contributed by atoms with E-state index in [9.17, 15) is 9.65 Å². The lowest BCUT2D eigenvalue weighted by Gasteiger charge is -2.26. The van der Waals surface area contributed by atoms with Gasteiger partial charge in [-0.05, 0) is 178 Å². The molecular weight excluding hydrogens is 804 g/mol. The highest BCUT2D eigenvalue weighted by Gasteiger charge is 2.37. The van der Waals surface area contributed by atoms with Gasteiger partial charge in [0.25, 0.3) is 0 Å². The fraction of sp³-hybridized carbons (Fsp3) is 0.0952. The van der Waals surface area contributed by atoms with Gasteiger partial charge in [0.05, 0.1) is 11.6 Å². The molecule has 0 fully saturated rings. The van der Waals surface area contributed by atoms with Crippen LogP contribution in [0.15, 0.2) is 200 Å². The van der Waals surface area contributed by atoms with Crippen molar-refractivity contribution < 1.29 is 4.39 Å². The molecule has 2 nitrogen and oxygen atoms in total. The van der Waals surface area contributed by atoms with E-state index in [-0.39, 0.29) is 16.6 Å². The van der Waals surface area contributed by atoms with Gasteiger partial charge < -0.3 is 4.90 Å².